The van der Waals surface area contributed by atoms with Crippen LogP contribution in [0, 0.1) is 0 Å². The van der Waals surface area contributed by atoms with Gasteiger partial charge in [0.15, 0.2) is 0 Å². The third-order valence-electron chi connectivity index (χ3n) is 2.45. The summed E-state index contributed by atoms with van der Waals surface area (Å²) < 4.78 is 2.98. The van der Waals surface area contributed by atoms with Crippen molar-refractivity contribution in [3.05, 3.63) is 22.4 Å². The van der Waals surface area contributed by atoms with Crippen LogP contribution in [0.2, 0.25) is 0 Å². The summed E-state index contributed by atoms with van der Waals surface area (Å²) in [5.74, 6) is 0.0981. The van der Waals surface area contributed by atoms with Gasteiger partial charge in [-0.1, -0.05) is 13.8 Å². The molecule has 1 amide bonds. The van der Waals surface area contributed by atoms with Gasteiger partial charge in [0, 0.05) is 30.8 Å². The Morgan fingerprint density at radius 1 is 1.44 bits per heavy atom. The van der Waals surface area contributed by atoms with Crippen LogP contribution in [0.4, 0.5) is 0 Å². The molecule has 0 saturated carbocycles. The van der Waals surface area contributed by atoms with E-state index >= 15 is 0 Å². The normalized spacial score (nSPS) is 10.5. The fourth-order valence-electron chi connectivity index (χ4n) is 1.71. The topological polar surface area (TPSA) is 25.2 Å². The maximum absolute atomic E-state index is 12.1. The van der Waals surface area contributed by atoms with Gasteiger partial charge in [-0.05, 0) is 34.8 Å². The first-order valence-corrected chi connectivity index (χ1v) is 6.50. The van der Waals surface area contributed by atoms with Crippen LogP contribution in [0.1, 0.15) is 37.2 Å². The van der Waals surface area contributed by atoms with Crippen molar-refractivity contribution in [3.63, 3.8) is 0 Å². The van der Waals surface area contributed by atoms with Crippen LogP contribution in [-0.4, -0.2) is 29.0 Å². The quantitative estimate of drug-likeness (QED) is 0.816. The second-order valence-electron chi connectivity index (χ2n) is 3.96. The second kappa shape index (κ2) is 6.09. The maximum atomic E-state index is 12.1. The minimum absolute atomic E-state index is 0.0981. The highest BCUT2D eigenvalue weighted by molar-refractivity contribution is 9.10. The lowest BCUT2D eigenvalue weighted by Gasteiger charge is -2.17. The Balaban J connectivity index is 2.89. The average Bonchev–Trinajstić information content (AvgIpc) is 2.59. The molecule has 3 nitrogen and oxygen atoms in total. The van der Waals surface area contributed by atoms with E-state index in [1.807, 2.05) is 23.9 Å². The molecule has 16 heavy (non-hydrogen) atoms. The molecule has 1 heterocycles. The molecule has 0 radical (unpaired) electrons. The minimum atomic E-state index is 0.0981. The number of aromatic nitrogens is 1. The number of hydrogen-bond donors (Lipinski definition) is 0. The summed E-state index contributed by atoms with van der Waals surface area (Å²) in [6.07, 6.45) is 3.98. The lowest BCUT2D eigenvalue weighted by Crippen LogP contribution is -2.29. The Kier molecular flexibility index (Phi) is 5.06. The predicted molar refractivity (Wildman–Crippen MR) is 69.7 cm³/mol. The highest BCUT2D eigenvalue weighted by Gasteiger charge is 2.16. The number of nitrogens with zero attached hydrogens (tertiary/aromatic N) is 2. The van der Waals surface area contributed by atoms with Crippen LogP contribution in [0.5, 0.6) is 0 Å². The van der Waals surface area contributed by atoms with Crippen LogP contribution < -0.4 is 0 Å². The summed E-state index contributed by atoms with van der Waals surface area (Å²) in [5.41, 5.74) is 0.768. The highest BCUT2D eigenvalue weighted by atomic mass is 79.9. The summed E-state index contributed by atoms with van der Waals surface area (Å²) in [6.45, 7) is 5.86. The van der Waals surface area contributed by atoms with Gasteiger partial charge in [0.2, 0.25) is 0 Å². The minimum Gasteiger partial charge on any atom is -0.342 e. The summed E-state index contributed by atoms with van der Waals surface area (Å²) in [4.78, 5) is 13.9. The van der Waals surface area contributed by atoms with Gasteiger partial charge in [0.1, 0.15) is 5.69 Å². The molecular formula is C12H19BrN2O. The van der Waals surface area contributed by atoms with Gasteiger partial charge in [-0.2, -0.15) is 0 Å². The van der Waals surface area contributed by atoms with E-state index in [-0.39, 0.29) is 5.91 Å². The molecule has 0 saturated heterocycles. The molecular weight excluding hydrogens is 268 g/mol. The second-order valence-corrected chi connectivity index (χ2v) is 4.88. The first kappa shape index (κ1) is 13.3. The Morgan fingerprint density at radius 2 is 2.12 bits per heavy atom. The molecule has 0 spiro atoms. The van der Waals surface area contributed by atoms with Gasteiger partial charge in [0.05, 0.1) is 0 Å². The van der Waals surface area contributed by atoms with Crippen LogP contribution in [0.3, 0.4) is 0 Å². The molecule has 0 bridgehead atoms. The van der Waals surface area contributed by atoms with Crippen molar-refractivity contribution < 1.29 is 4.79 Å². The first-order chi connectivity index (χ1) is 7.60. The molecule has 0 fully saturated rings. The molecule has 1 rings (SSSR count). The Bertz CT molecular complexity index is 360. The van der Waals surface area contributed by atoms with Crippen molar-refractivity contribution in [2.75, 3.05) is 13.6 Å². The number of halogens is 1. The van der Waals surface area contributed by atoms with Crippen molar-refractivity contribution in [3.8, 4) is 0 Å². The monoisotopic (exact) mass is 286 g/mol. The smallest absolute Gasteiger partial charge is 0.270 e. The van der Waals surface area contributed by atoms with E-state index in [4.69, 9.17) is 0 Å². The fourth-order valence-corrected chi connectivity index (χ4v) is 2.18. The highest BCUT2D eigenvalue weighted by Crippen LogP contribution is 2.17. The first-order valence-electron chi connectivity index (χ1n) is 5.71. The largest absolute Gasteiger partial charge is 0.342 e. The van der Waals surface area contributed by atoms with Crippen molar-refractivity contribution in [1.82, 2.24) is 9.47 Å². The van der Waals surface area contributed by atoms with Crippen molar-refractivity contribution in [2.45, 2.75) is 33.2 Å². The van der Waals surface area contributed by atoms with E-state index in [0.717, 1.165) is 36.1 Å². The standard InChI is InChI=1S/C12H19BrN2O/c1-4-6-14(3)12(16)11-8-10(13)9-15(11)7-5-2/h8-9H,4-7H2,1-3H3. The molecule has 0 aliphatic carbocycles. The molecule has 0 aliphatic heterocycles. The van der Waals surface area contributed by atoms with E-state index in [2.05, 4.69) is 29.8 Å². The van der Waals surface area contributed by atoms with Crippen LogP contribution in [0.15, 0.2) is 16.7 Å². The third-order valence-corrected chi connectivity index (χ3v) is 2.89. The molecule has 0 atom stereocenters. The SMILES string of the molecule is CCCN(C)C(=O)c1cc(Br)cn1CCC. The number of amides is 1. The number of aryl methyl sites for hydroxylation is 1. The van der Waals surface area contributed by atoms with Gasteiger partial charge in [-0.25, -0.2) is 0 Å². The molecule has 0 unspecified atom stereocenters. The van der Waals surface area contributed by atoms with Crippen molar-refractivity contribution in [1.29, 1.82) is 0 Å². The zero-order valence-electron chi connectivity index (χ0n) is 10.2. The number of hydrogen-bond acceptors (Lipinski definition) is 1. The molecule has 1 aromatic rings. The average molecular weight is 287 g/mol. The molecule has 0 N–H and O–H groups in total. The van der Waals surface area contributed by atoms with Crippen LogP contribution in [-0.2, 0) is 6.54 Å². The fraction of sp³-hybridized carbons (Fsp3) is 0.583. The molecule has 4 heteroatoms. The predicted octanol–water partition coefficient (Wildman–Crippen LogP) is 3.14. The third kappa shape index (κ3) is 3.11. The number of carbonyl (C=O) groups excluding carboxylic acids is 1. The van der Waals surface area contributed by atoms with E-state index in [1.165, 1.54) is 0 Å². The number of carbonyl (C=O) groups is 1. The number of rotatable bonds is 5. The van der Waals surface area contributed by atoms with E-state index < -0.39 is 0 Å². The zero-order chi connectivity index (χ0) is 12.1. The summed E-state index contributed by atoms with van der Waals surface area (Å²) >= 11 is 3.42. The van der Waals surface area contributed by atoms with Crippen molar-refractivity contribution >= 4 is 21.8 Å². The molecule has 0 aliphatic rings. The van der Waals surface area contributed by atoms with Crippen molar-refractivity contribution in [2.24, 2.45) is 0 Å². The Morgan fingerprint density at radius 3 is 2.69 bits per heavy atom. The molecule has 0 aromatic carbocycles. The Hall–Kier alpha value is -0.770. The molecule has 90 valence electrons. The van der Waals surface area contributed by atoms with E-state index in [1.54, 1.807) is 4.90 Å². The summed E-state index contributed by atoms with van der Waals surface area (Å²) in [5, 5.41) is 0. The Labute approximate surface area is 106 Å². The van der Waals surface area contributed by atoms with Gasteiger partial charge in [0.25, 0.3) is 5.91 Å². The summed E-state index contributed by atoms with van der Waals surface area (Å²) in [7, 11) is 1.85. The van der Waals surface area contributed by atoms with Gasteiger partial charge < -0.3 is 9.47 Å². The van der Waals surface area contributed by atoms with Gasteiger partial charge in [-0.15, -0.1) is 0 Å². The maximum Gasteiger partial charge on any atom is 0.270 e. The lowest BCUT2D eigenvalue weighted by molar-refractivity contribution is 0.0784. The zero-order valence-corrected chi connectivity index (χ0v) is 11.7. The summed E-state index contributed by atoms with van der Waals surface area (Å²) in [6, 6.07) is 1.89. The van der Waals surface area contributed by atoms with E-state index in [9.17, 15) is 4.79 Å². The van der Waals surface area contributed by atoms with Crippen LogP contribution in [0.25, 0.3) is 0 Å². The lowest BCUT2D eigenvalue weighted by atomic mass is 10.3. The van der Waals surface area contributed by atoms with Gasteiger partial charge >= 0.3 is 0 Å². The molecule has 1 aromatic heterocycles. The van der Waals surface area contributed by atoms with E-state index in [0.29, 0.717) is 0 Å². The van der Waals surface area contributed by atoms with Crippen LogP contribution >= 0.6 is 15.9 Å². The van der Waals surface area contributed by atoms with Gasteiger partial charge in [-0.3, -0.25) is 4.79 Å².